The van der Waals surface area contributed by atoms with Crippen LogP contribution in [-0.2, 0) is 9.53 Å². The van der Waals surface area contributed by atoms with Crippen molar-refractivity contribution < 1.29 is 14.3 Å². The Morgan fingerprint density at radius 1 is 1.37 bits per heavy atom. The van der Waals surface area contributed by atoms with Gasteiger partial charge in [0.05, 0.1) is 6.61 Å². The summed E-state index contributed by atoms with van der Waals surface area (Å²) in [6.45, 7) is 4.54. The van der Waals surface area contributed by atoms with Crippen LogP contribution in [0.15, 0.2) is 24.3 Å². The minimum Gasteiger partial charge on any atom is -0.481 e. The maximum atomic E-state index is 11.8. The molecule has 1 unspecified atom stereocenters. The zero-order valence-corrected chi connectivity index (χ0v) is 11.7. The highest BCUT2D eigenvalue weighted by molar-refractivity contribution is 5.80. The first kappa shape index (κ1) is 15.5. The summed E-state index contributed by atoms with van der Waals surface area (Å²) in [6, 6.07) is 7.33. The van der Waals surface area contributed by atoms with E-state index >= 15 is 0 Å². The van der Waals surface area contributed by atoms with Crippen molar-refractivity contribution in [1.82, 2.24) is 5.32 Å². The van der Waals surface area contributed by atoms with E-state index in [4.69, 9.17) is 15.2 Å². The molecule has 5 nitrogen and oxygen atoms in total. The average Bonchev–Trinajstić information content (AvgIpc) is 2.39. The fraction of sp³-hybridized carbons (Fsp3) is 0.500. The Labute approximate surface area is 114 Å². The number of nitrogens with one attached hydrogen (secondary N) is 1. The van der Waals surface area contributed by atoms with Gasteiger partial charge in [0.15, 0.2) is 6.10 Å². The van der Waals surface area contributed by atoms with Crippen LogP contribution >= 0.6 is 0 Å². The monoisotopic (exact) mass is 266 g/mol. The van der Waals surface area contributed by atoms with Crippen LogP contribution in [0.2, 0.25) is 0 Å². The molecule has 19 heavy (non-hydrogen) atoms. The van der Waals surface area contributed by atoms with E-state index in [0.717, 1.165) is 5.56 Å². The quantitative estimate of drug-likeness (QED) is 0.728. The number of methoxy groups -OCH3 is 1. The van der Waals surface area contributed by atoms with Gasteiger partial charge in [0.25, 0.3) is 5.91 Å². The summed E-state index contributed by atoms with van der Waals surface area (Å²) in [4.78, 5) is 11.8. The molecule has 1 rings (SSSR count). The van der Waals surface area contributed by atoms with Crippen molar-refractivity contribution in [2.45, 2.75) is 26.0 Å². The maximum absolute atomic E-state index is 11.8. The molecule has 0 saturated carbocycles. The molecule has 106 valence electrons. The lowest BCUT2D eigenvalue weighted by atomic mass is 10.1. The molecular formula is C14H22N2O3. The second-order valence-corrected chi connectivity index (χ2v) is 4.37. The number of para-hydroxylation sites is 1. The standard InChI is InChI=1S/C14H22N2O3/c1-10(15)12-6-4-5-7-13(12)19-11(2)14(17)16-8-9-18-3/h4-7,10-11H,8-9,15H2,1-3H3,(H,16,17)/t10-,11?/m0/s1. The van der Waals surface area contributed by atoms with E-state index in [1.807, 2.05) is 31.2 Å². The van der Waals surface area contributed by atoms with E-state index in [1.54, 1.807) is 14.0 Å². The van der Waals surface area contributed by atoms with Gasteiger partial charge in [-0.15, -0.1) is 0 Å². The number of rotatable bonds is 7. The lowest BCUT2D eigenvalue weighted by Gasteiger charge is -2.18. The summed E-state index contributed by atoms with van der Waals surface area (Å²) in [7, 11) is 1.59. The average molecular weight is 266 g/mol. The van der Waals surface area contributed by atoms with Crippen molar-refractivity contribution >= 4 is 5.91 Å². The van der Waals surface area contributed by atoms with Gasteiger partial charge >= 0.3 is 0 Å². The van der Waals surface area contributed by atoms with Crippen molar-refractivity contribution in [3.05, 3.63) is 29.8 Å². The fourth-order valence-electron chi connectivity index (χ4n) is 1.63. The number of carbonyl (C=O) groups is 1. The third-order valence-corrected chi connectivity index (χ3v) is 2.69. The molecule has 1 aromatic carbocycles. The predicted octanol–water partition coefficient (Wildman–Crippen LogP) is 1.24. The van der Waals surface area contributed by atoms with E-state index < -0.39 is 6.10 Å². The summed E-state index contributed by atoms with van der Waals surface area (Å²) in [5.74, 6) is 0.475. The highest BCUT2D eigenvalue weighted by atomic mass is 16.5. The maximum Gasteiger partial charge on any atom is 0.260 e. The topological polar surface area (TPSA) is 73.6 Å². The van der Waals surface area contributed by atoms with Crippen molar-refractivity contribution in [3.8, 4) is 5.75 Å². The highest BCUT2D eigenvalue weighted by Crippen LogP contribution is 2.24. The van der Waals surface area contributed by atoms with Crippen LogP contribution in [-0.4, -0.2) is 32.3 Å². The van der Waals surface area contributed by atoms with E-state index in [9.17, 15) is 4.79 Å². The summed E-state index contributed by atoms with van der Waals surface area (Å²) < 4.78 is 10.5. The lowest BCUT2D eigenvalue weighted by Crippen LogP contribution is -2.38. The Morgan fingerprint density at radius 2 is 2.05 bits per heavy atom. The number of hydrogen-bond donors (Lipinski definition) is 2. The molecule has 0 heterocycles. The van der Waals surface area contributed by atoms with Crippen LogP contribution in [0.4, 0.5) is 0 Å². The Bertz CT molecular complexity index is 407. The molecule has 0 fully saturated rings. The number of carbonyl (C=O) groups excluding carboxylic acids is 1. The van der Waals surface area contributed by atoms with Gasteiger partial charge in [0, 0.05) is 25.3 Å². The van der Waals surface area contributed by atoms with Crippen LogP contribution in [0.1, 0.15) is 25.5 Å². The molecule has 0 aliphatic rings. The first-order valence-corrected chi connectivity index (χ1v) is 6.34. The molecule has 0 bridgehead atoms. The Kier molecular flexibility index (Phi) is 6.32. The molecule has 0 spiro atoms. The summed E-state index contributed by atoms with van der Waals surface area (Å²) in [6.07, 6.45) is -0.572. The SMILES string of the molecule is COCCNC(=O)C(C)Oc1ccccc1[C@H](C)N. The molecule has 0 radical (unpaired) electrons. The summed E-state index contributed by atoms with van der Waals surface area (Å²) in [5.41, 5.74) is 6.76. The number of hydrogen-bond acceptors (Lipinski definition) is 4. The summed E-state index contributed by atoms with van der Waals surface area (Å²) in [5, 5.41) is 2.73. The van der Waals surface area contributed by atoms with Crippen molar-refractivity contribution in [2.24, 2.45) is 5.73 Å². The molecule has 0 aliphatic carbocycles. The third kappa shape index (κ3) is 4.89. The van der Waals surface area contributed by atoms with Crippen molar-refractivity contribution in [3.63, 3.8) is 0 Å². The largest absolute Gasteiger partial charge is 0.481 e. The number of amides is 1. The van der Waals surface area contributed by atoms with E-state index in [-0.39, 0.29) is 11.9 Å². The summed E-state index contributed by atoms with van der Waals surface area (Å²) >= 11 is 0. The molecule has 1 amide bonds. The number of ether oxygens (including phenoxy) is 2. The van der Waals surface area contributed by atoms with Crippen LogP contribution in [0.3, 0.4) is 0 Å². The zero-order chi connectivity index (χ0) is 14.3. The lowest BCUT2D eigenvalue weighted by molar-refractivity contribution is -0.127. The molecule has 3 N–H and O–H groups in total. The molecule has 2 atom stereocenters. The van der Waals surface area contributed by atoms with Gasteiger partial charge in [-0.25, -0.2) is 0 Å². The van der Waals surface area contributed by atoms with Gasteiger partial charge in [-0.3, -0.25) is 4.79 Å². The van der Waals surface area contributed by atoms with Crippen molar-refractivity contribution in [1.29, 1.82) is 0 Å². The minimum absolute atomic E-state index is 0.139. The van der Waals surface area contributed by atoms with Crippen LogP contribution in [0.5, 0.6) is 5.75 Å². The first-order chi connectivity index (χ1) is 9.06. The Balaban J connectivity index is 2.61. The first-order valence-electron chi connectivity index (χ1n) is 6.34. The molecule has 0 saturated heterocycles. The number of benzene rings is 1. The van der Waals surface area contributed by atoms with Gasteiger partial charge in [-0.05, 0) is 19.9 Å². The minimum atomic E-state index is -0.572. The van der Waals surface area contributed by atoms with Crippen LogP contribution < -0.4 is 15.8 Å². The molecule has 0 aromatic heterocycles. The molecular weight excluding hydrogens is 244 g/mol. The van der Waals surface area contributed by atoms with E-state index in [2.05, 4.69) is 5.32 Å². The molecule has 5 heteroatoms. The van der Waals surface area contributed by atoms with E-state index in [1.165, 1.54) is 0 Å². The smallest absolute Gasteiger partial charge is 0.260 e. The van der Waals surface area contributed by atoms with Crippen molar-refractivity contribution in [2.75, 3.05) is 20.3 Å². The van der Waals surface area contributed by atoms with Gasteiger partial charge in [0.1, 0.15) is 5.75 Å². The highest BCUT2D eigenvalue weighted by Gasteiger charge is 2.16. The van der Waals surface area contributed by atoms with Crippen LogP contribution in [0, 0.1) is 0 Å². The second kappa shape index (κ2) is 7.76. The fourth-order valence-corrected chi connectivity index (χ4v) is 1.63. The Morgan fingerprint density at radius 3 is 2.68 bits per heavy atom. The van der Waals surface area contributed by atoms with Gasteiger partial charge in [0.2, 0.25) is 0 Å². The van der Waals surface area contributed by atoms with Gasteiger partial charge < -0.3 is 20.5 Å². The number of nitrogens with two attached hydrogens (primary N) is 1. The Hall–Kier alpha value is -1.59. The third-order valence-electron chi connectivity index (χ3n) is 2.69. The normalized spacial score (nSPS) is 13.7. The van der Waals surface area contributed by atoms with Crippen LogP contribution in [0.25, 0.3) is 0 Å². The zero-order valence-electron chi connectivity index (χ0n) is 11.7. The second-order valence-electron chi connectivity index (χ2n) is 4.37. The molecule has 0 aliphatic heterocycles. The van der Waals surface area contributed by atoms with Gasteiger partial charge in [-0.2, -0.15) is 0 Å². The van der Waals surface area contributed by atoms with E-state index in [0.29, 0.717) is 18.9 Å². The predicted molar refractivity (Wildman–Crippen MR) is 74.0 cm³/mol. The molecule has 1 aromatic rings. The van der Waals surface area contributed by atoms with Gasteiger partial charge in [-0.1, -0.05) is 18.2 Å².